The smallest absolute Gasteiger partial charge is 0.257 e. The predicted molar refractivity (Wildman–Crippen MR) is 87.2 cm³/mol. The van der Waals surface area contributed by atoms with Crippen molar-refractivity contribution in [1.29, 1.82) is 5.26 Å². The van der Waals surface area contributed by atoms with Gasteiger partial charge in [0.15, 0.2) is 5.13 Å². The van der Waals surface area contributed by atoms with Crippen molar-refractivity contribution in [3.8, 4) is 6.07 Å². The lowest BCUT2D eigenvalue weighted by Gasteiger charge is -2.01. The minimum atomic E-state index is -0.220. The number of imidazole rings is 1. The second-order valence-electron chi connectivity index (χ2n) is 4.43. The Balaban J connectivity index is 1.77. The molecule has 0 saturated carbocycles. The summed E-state index contributed by atoms with van der Waals surface area (Å²) in [4.78, 5) is 23.7. The number of amides is 1. The number of nitrogens with one attached hydrogen (secondary N) is 2. The number of aromatic nitrogens is 3. The van der Waals surface area contributed by atoms with Gasteiger partial charge < -0.3 is 4.98 Å². The van der Waals surface area contributed by atoms with Gasteiger partial charge in [0.2, 0.25) is 0 Å². The Bertz CT molecular complexity index is 877. The fraction of sp³-hybridized carbons (Fsp3) is 0.143. The molecule has 8 heteroatoms. The van der Waals surface area contributed by atoms with Gasteiger partial charge in [-0.2, -0.15) is 5.26 Å². The van der Waals surface area contributed by atoms with E-state index in [0.29, 0.717) is 16.4 Å². The molecule has 3 rings (SSSR count). The Morgan fingerprint density at radius 2 is 2.41 bits per heavy atom. The Morgan fingerprint density at radius 3 is 3.23 bits per heavy atom. The largest absolute Gasteiger partial charge is 0.345 e. The van der Waals surface area contributed by atoms with E-state index in [-0.39, 0.29) is 5.91 Å². The number of fused-ring (bicyclic) bond motifs is 1. The number of H-pyrrole nitrogens is 1. The van der Waals surface area contributed by atoms with Gasteiger partial charge >= 0.3 is 0 Å². The Hall–Kier alpha value is -2.37. The molecule has 0 aliphatic rings. The summed E-state index contributed by atoms with van der Waals surface area (Å²) in [5.41, 5.74) is 2.99. The summed E-state index contributed by atoms with van der Waals surface area (Å²) in [6.45, 7) is 1.86. The van der Waals surface area contributed by atoms with Crippen molar-refractivity contribution in [2.45, 2.75) is 11.1 Å². The van der Waals surface area contributed by atoms with Gasteiger partial charge in [-0.3, -0.25) is 10.1 Å². The molecule has 0 atom stereocenters. The summed E-state index contributed by atoms with van der Waals surface area (Å²) in [6, 6.07) is 7.35. The highest BCUT2D eigenvalue weighted by molar-refractivity contribution is 8.01. The van der Waals surface area contributed by atoms with Gasteiger partial charge in [-0.1, -0.05) is 23.1 Å². The number of nitriles is 1. The fourth-order valence-electron chi connectivity index (χ4n) is 1.91. The molecule has 1 amide bonds. The molecule has 0 aliphatic heterocycles. The van der Waals surface area contributed by atoms with Crippen LogP contribution in [0.1, 0.15) is 16.1 Å². The molecular formula is C14H11N5OS2. The number of benzene rings is 1. The highest BCUT2D eigenvalue weighted by Crippen LogP contribution is 2.32. The van der Waals surface area contributed by atoms with Crippen molar-refractivity contribution in [2.24, 2.45) is 0 Å². The van der Waals surface area contributed by atoms with Crippen LogP contribution in [0.3, 0.4) is 0 Å². The van der Waals surface area contributed by atoms with Crippen LogP contribution in [0.25, 0.3) is 11.0 Å². The van der Waals surface area contributed by atoms with Crippen molar-refractivity contribution in [1.82, 2.24) is 15.0 Å². The number of rotatable bonds is 4. The standard InChI is InChI=1S/C14H11N5OS2/c1-8-13(21-5-4-15)22-14(18-8)19-12(20)9-2-3-10-11(6-9)17-7-16-10/h2-3,6-7H,5H2,1H3,(H,16,17)(H,18,19,20). The summed E-state index contributed by atoms with van der Waals surface area (Å²) < 4.78 is 0.945. The van der Waals surface area contributed by atoms with E-state index in [1.165, 1.54) is 23.1 Å². The van der Waals surface area contributed by atoms with Crippen LogP contribution < -0.4 is 5.32 Å². The highest BCUT2D eigenvalue weighted by atomic mass is 32.2. The third-order valence-electron chi connectivity index (χ3n) is 2.92. The van der Waals surface area contributed by atoms with Crippen LogP contribution in [0.4, 0.5) is 5.13 Å². The number of aryl methyl sites for hydroxylation is 1. The van der Waals surface area contributed by atoms with E-state index in [1.54, 1.807) is 24.5 Å². The predicted octanol–water partition coefficient (Wildman–Crippen LogP) is 3.20. The molecule has 22 heavy (non-hydrogen) atoms. The van der Waals surface area contributed by atoms with Crippen LogP contribution in [-0.2, 0) is 0 Å². The quantitative estimate of drug-likeness (QED) is 0.717. The second kappa shape index (κ2) is 6.17. The van der Waals surface area contributed by atoms with Crippen molar-refractivity contribution < 1.29 is 4.79 Å². The van der Waals surface area contributed by atoms with Gasteiger partial charge in [-0.05, 0) is 25.1 Å². The third-order valence-corrected chi connectivity index (χ3v) is 5.23. The van der Waals surface area contributed by atoms with E-state index in [1.807, 2.05) is 6.92 Å². The van der Waals surface area contributed by atoms with Gasteiger partial charge in [0.1, 0.15) is 0 Å². The normalized spacial score (nSPS) is 10.5. The number of carbonyl (C=O) groups excluding carboxylic acids is 1. The van der Waals surface area contributed by atoms with E-state index in [4.69, 9.17) is 5.26 Å². The molecular weight excluding hydrogens is 318 g/mol. The van der Waals surface area contributed by atoms with E-state index >= 15 is 0 Å². The second-order valence-corrected chi connectivity index (χ2v) is 6.67. The number of thiazole rings is 1. The molecule has 0 radical (unpaired) electrons. The van der Waals surface area contributed by atoms with E-state index in [0.717, 1.165) is 20.9 Å². The number of thioether (sulfide) groups is 1. The SMILES string of the molecule is Cc1nc(NC(=O)c2ccc3nc[nH]c3c2)sc1SCC#N. The van der Waals surface area contributed by atoms with Crippen LogP contribution in [0, 0.1) is 18.3 Å². The number of aromatic amines is 1. The molecule has 0 spiro atoms. The first-order valence-corrected chi connectivity index (χ1v) is 8.19. The minimum absolute atomic E-state index is 0.220. The van der Waals surface area contributed by atoms with Crippen molar-refractivity contribution in [3.05, 3.63) is 35.8 Å². The monoisotopic (exact) mass is 329 g/mol. The lowest BCUT2D eigenvalue weighted by atomic mass is 10.2. The molecule has 0 fully saturated rings. The Morgan fingerprint density at radius 1 is 1.55 bits per heavy atom. The fourth-order valence-corrected chi connectivity index (χ4v) is 3.71. The maximum Gasteiger partial charge on any atom is 0.257 e. The summed E-state index contributed by atoms with van der Waals surface area (Å²) in [7, 11) is 0. The highest BCUT2D eigenvalue weighted by Gasteiger charge is 2.13. The molecule has 2 heterocycles. The van der Waals surface area contributed by atoms with E-state index < -0.39 is 0 Å². The van der Waals surface area contributed by atoms with Crippen molar-refractivity contribution in [2.75, 3.05) is 11.1 Å². The van der Waals surface area contributed by atoms with Crippen LogP contribution in [0.2, 0.25) is 0 Å². The first-order valence-electron chi connectivity index (χ1n) is 6.39. The zero-order valence-electron chi connectivity index (χ0n) is 11.6. The average Bonchev–Trinajstić information content (AvgIpc) is 3.10. The lowest BCUT2D eigenvalue weighted by Crippen LogP contribution is -2.11. The molecule has 0 unspecified atom stereocenters. The van der Waals surface area contributed by atoms with Crippen LogP contribution in [-0.4, -0.2) is 26.6 Å². The molecule has 6 nitrogen and oxygen atoms in total. The summed E-state index contributed by atoms with van der Waals surface area (Å²) >= 11 is 2.80. The number of carbonyl (C=O) groups is 1. The number of hydrogen-bond acceptors (Lipinski definition) is 6. The third kappa shape index (κ3) is 2.95. The molecule has 2 N–H and O–H groups in total. The molecule has 2 aromatic heterocycles. The molecule has 0 aliphatic carbocycles. The van der Waals surface area contributed by atoms with Gasteiger partial charge in [0, 0.05) is 5.56 Å². The topological polar surface area (TPSA) is 94.5 Å². The van der Waals surface area contributed by atoms with Gasteiger partial charge in [0.05, 0.1) is 39.1 Å². The minimum Gasteiger partial charge on any atom is -0.345 e. The van der Waals surface area contributed by atoms with E-state index in [9.17, 15) is 4.79 Å². The van der Waals surface area contributed by atoms with Crippen molar-refractivity contribution >= 4 is 45.2 Å². The molecule has 110 valence electrons. The van der Waals surface area contributed by atoms with Gasteiger partial charge in [0.25, 0.3) is 5.91 Å². The zero-order valence-corrected chi connectivity index (χ0v) is 13.2. The molecule has 1 aromatic carbocycles. The van der Waals surface area contributed by atoms with Crippen LogP contribution >= 0.6 is 23.1 Å². The van der Waals surface area contributed by atoms with E-state index in [2.05, 4.69) is 26.3 Å². The molecule has 0 bridgehead atoms. The first kappa shape index (κ1) is 14.6. The maximum absolute atomic E-state index is 12.3. The van der Waals surface area contributed by atoms with Crippen LogP contribution in [0.15, 0.2) is 28.7 Å². The molecule has 0 saturated heterocycles. The van der Waals surface area contributed by atoms with Crippen LogP contribution in [0.5, 0.6) is 0 Å². The summed E-state index contributed by atoms with van der Waals surface area (Å²) in [5, 5.41) is 11.9. The maximum atomic E-state index is 12.3. The Kier molecular flexibility index (Phi) is 4.09. The first-order chi connectivity index (χ1) is 10.7. The number of nitrogens with zero attached hydrogens (tertiary/aromatic N) is 3. The van der Waals surface area contributed by atoms with Gasteiger partial charge in [-0.25, -0.2) is 9.97 Å². The lowest BCUT2D eigenvalue weighted by molar-refractivity contribution is 0.102. The number of anilines is 1. The number of hydrogen-bond donors (Lipinski definition) is 2. The summed E-state index contributed by atoms with van der Waals surface area (Å²) in [6.07, 6.45) is 1.59. The Labute approximate surface area is 134 Å². The molecule has 3 aromatic rings. The zero-order chi connectivity index (χ0) is 15.5. The van der Waals surface area contributed by atoms with Gasteiger partial charge in [-0.15, -0.1) is 0 Å². The summed E-state index contributed by atoms with van der Waals surface area (Å²) in [5.74, 6) is 0.148. The average molecular weight is 329 g/mol. The van der Waals surface area contributed by atoms with Crippen molar-refractivity contribution in [3.63, 3.8) is 0 Å².